The van der Waals surface area contributed by atoms with E-state index < -0.39 is 0 Å². The number of aryl methyl sites for hydroxylation is 1. The van der Waals surface area contributed by atoms with Gasteiger partial charge in [0.25, 0.3) is 5.91 Å². The Morgan fingerprint density at radius 2 is 1.96 bits per heavy atom. The normalized spacial score (nSPS) is 15.4. The first kappa shape index (κ1) is 20.3. The van der Waals surface area contributed by atoms with Crippen LogP contribution in [0.1, 0.15) is 54.7 Å². The molecule has 4 nitrogen and oxygen atoms in total. The van der Waals surface area contributed by atoms with Crippen molar-refractivity contribution < 1.29 is 4.79 Å². The van der Waals surface area contributed by atoms with Gasteiger partial charge in [-0.25, -0.2) is 5.43 Å². The van der Waals surface area contributed by atoms with Gasteiger partial charge >= 0.3 is 0 Å². The summed E-state index contributed by atoms with van der Waals surface area (Å²) in [5.74, 6) is -0.241. The number of halogens is 1. The predicted molar refractivity (Wildman–Crippen MR) is 121 cm³/mol. The van der Waals surface area contributed by atoms with Gasteiger partial charge in [0.15, 0.2) is 0 Å². The van der Waals surface area contributed by atoms with Gasteiger partial charge < -0.3 is 4.90 Å². The van der Waals surface area contributed by atoms with E-state index in [1.54, 1.807) is 12.3 Å². The van der Waals surface area contributed by atoms with E-state index in [-0.39, 0.29) is 11.4 Å². The molecule has 0 atom stereocenters. The largest absolute Gasteiger partial charge is 0.363 e. The molecule has 1 aliphatic rings. The highest BCUT2D eigenvalue weighted by Crippen LogP contribution is 2.39. The third-order valence-corrected chi connectivity index (χ3v) is 5.86. The van der Waals surface area contributed by atoms with Gasteiger partial charge in [-0.2, -0.15) is 5.10 Å². The summed E-state index contributed by atoms with van der Waals surface area (Å²) in [6, 6.07) is 11.7. The van der Waals surface area contributed by atoms with E-state index in [1.165, 1.54) is 16.8 Å². The fourth-order valence-electron chi connectivity index (χ4n) is 3.83. The molecule has 0 saturated heterocycles. The van der Waals surface area contributed by atoms with Gasteiger partial charge in [0, 0.05) is 22.3 Å². The zero-order valence-corrected chi connectivity index (χ0v) is 18.6. The fraction of sp³-hybridized carbons (Fsp3) is 0.304. The molecule has 1 heterocycles. The average molecular weight is 440 g/mol. The summed E-state index contributed by atoms with van der Waals surface area (Å²) in [4.78, 5) is 14.7. The molecular formula is C23H26BrN3O. The van der Waals surface area contributed by atoms with Crippen LogP contribution < -0.4 is 10.3 Å². The van der Waals surface area contributed by atoms with Crippen LogP contribution in [0.4, 0.5) is 5.69 Å². The molecule has 3 rings (SSSR count). The molecule has 0 saturated carbocycles. The van der Waals surface area contributed by atoms with E-state index in [9.17, 15) is 4.79 Å². The Hall–Kier alpha value is -2.40. The van der Waals surface area contributed by atoms with E-state index in [1.807, 2.05) is 18.2 Å². The van der Waals surface area contributed by atoms with Crippen LogP contribution in [0.15, 0.2) is 52.0 Å². The number of hydrazone groups is 1. The summed E-state index contributed by atoms with van der Waals surface area (Å²) >= 11 is 3.39. The number of allylic oxidation sites excluding steroid dienone is 1. The van der Waals surface area contributed by atoms with Crippen LogP contribution in [0.25, 0.3) is 5.57 Å². The zero-order valence-electron chi connectivity index (χ0n) is 17.0. The number of nitrogens with zero attached hydrogens (tertiary/aromatic N) is 2. The number of anilines is 1. The highest BCUT2D eigenvalue weighted by atomic mass is 79.9. The Balaban J connectivity index is 1.87. The molecule has 5 heteroatoms. The first-order valence-electron chi connectivity index (χ1n) is 9.44. The van der Waals surface area contributed by atoms with Crippen LogP contribution in [-0.4, -0.2) is 24.2 Å². The third kappa shape index (κ3) is 3.90. The summed E-state index contributed by atoms with van der Waals surface area (Å²) in [5.41, 5.74) is 9.01. The number of nitrogens with one attached hydrogen (secondary N) is 1. The summed E-state index contributed by atoms with van der Waals surface area (Å²) in [5, 5.41) is 4.18. The van der Waals surface area contributed by atoms with Crippen LogP contribution in [0.3, 0.4) is 0 Å². The van der Waals surface area contributed by atoms with Crippen molar-refractivity contribution in [2.24, 2.45) is 5.10 Å². The van der Waals surface area contributed by atoms with Crippen molar-refractivity contribution >= 4 is 39.3 Å². The second-order valence-corrected chi connectivity index (χ2v) is 8.48. The number of rotatable bonds is 4. The van der Waals surface area contributed by atoms with Crippen molar-refractivity contribution in [1.29, 1.82) is 0 Å². The Morgan fingerprint density at radius 3 is 2.64 bits per heavy atom. The van der Waals surface area contributed by atoms with E-state index in [0.717, 1.165) is 22.1 Å². The minimum Gasteiger partial charge on any atom is -0.363 e. The maximum atomic E-state index is 12.3. The van der Waals surface area contributed by atoms with Crippen LogP contribution in [-0.2, 0) is 0 Å². The number of likely N-dealkylation sites (N-methyl/N-ethyl adjacent to an activating group) is 1. The van der Waals surface area contributed by atoms with Gasteiger partial charge in [-0.15, -0.1) is 0 Å². The smallest absolute Gasteiger partial charge is 0.272 e. The van der Waals surface area contributed by atoms with Crippen molar-refractivity contribution in [3.05, 3.63) is 69.2 Å². The minimum absolute atomic E-state index is 0.00900. The number of hydrogen-bond donors (Lipinski definition) is 1. The molecule has 0 fully saturated rings. The van der Waals surface area contributed by atoms with E-state index in [0.29, 0.717) is 5.56 Å². The Labute approximate surface area is 175 Å². The monoisotopic (exact) mass is 439 g/mol. The van der Waals surface area contributed by atoms with Gasteiger partial charge in [-0.05, 0) is 91.5 Å². The lowest BCUT2D eigenvalue weighted by molar-refractivity contribution is 0.0954. The minimum atomic E-state index is -0.241. The Bertz CT molecular complexity index is 976. The summed E-state index contributed by atoms with van der Waals surface area (Å²) in [6.45, 7) is 11.8. The van der Waals surface area contributed by atoms with E-state index in [2.05, 4.69) is 84.2 Å². The predicted octanol–water partition coefficient (Wildman–Crippen LogP) is 5.54. The van der Waals surface area contributed by atoms with Crippen molar-refractivity contribution in [3.63, 3.8) is 0 Å². The van der Waals surface area contributed by atoms with Gasteiger partial charge in [0.2, 0.25) is 0 Å². The van der Waals surface area contributed by atoms with Gasteiger partial charge in [0.05, 0.1) is 17.3 Å². The Kier molecular flexibility index (Phi) is 5.75. The molecule has 0 aliphatic carbocycles. The number of hydrogen-bond acceptors (Lipinski definition) is 3. The molecule has 0 bridgehead atoms. The topological polar surface area (TPSA) is 44.7 Å². The third-order valence-electron chi connectivity index (χ3n) is 5.17. The van der Waals surface area contributed by atoms with E-state index in [4.69, 9.17) is 0 Å². The number of carbonyl (C=O) groups excluding carboxylic acids is 1. The average Bonchev–Trinajstić information content (AvgIpc) is 2.62. The Morgan fingerprint density at radius 1 is 1.25 bits per heavy atom. The molecule has 0 aromatic heterocycles. The molecule has 1 N–H and O–H groups in total. The van der Waals surface area contributed by atoms with Crippen LogP contribution in [0.5, 0.6) is 0 Å². The van der Waals surface area contributed by atoms with Crippen LogP contribution >= 0.6 is 15.9 Å². The highest BCUT2D eigenvalue weighted by molar-refractivity contribution is 9.10. The second kappa shape index (κ2) is 7.92. The standard InChI is InChI=1S/C23H26BrN3O/c1-6-27-21-11-15(2)17(12-19(21)16(3)13-23(27,4)5)14-25-26-22(28)18-9-7-8-10-20(18)24/h7-14H,6H2,1-5H3,(H,26,28)/b25-14-. The maximum Gasteiger partial charge on any atom is 0.272 e. The lowest BCUT2D eigenvalue weighted by atomic mass is 9.87. The van der Waals surface area contributed by atoms with Crippen LogP contribution in [0, 0.1) is 6.92 Å². The zero-order chi connectivity index (χ0) is 20.5. The maximum absolute atomic E-state index is 12.3. The van der Waals surface area contributed by atoms with Crippen molar-refractivity contribution in [2.75, 3.05) is 11.4 Å². The number of fused-ring (bicyclic) bond motifs is 1. The number of amides is 1. The van der Waals surface area contributed by atoms with Crippen molar-refractivity contribution in [2.45, 2.75) is 40.2 Å². The second-order valence-electron chi connectivity index (χ2n) is 7.63. The van der Waals surface area contributed by atoms with Crippen molar-refractivity contribution in [1.82, 2.24) is 5.43 Å². The molecule has 28 heavy (non-hydrogen) atoms. The summed E-state index contributed by atoms with van der Waals surface area (Å²) in [7, 11) is 0. The quantitative estimate of drug-likeness (QED) is 0.501. The number of carbonyl (C=O) groups is 1. The molecular weight excluding hydrogens is 414 g/mol. The molecule has 0 unspecified atom stereocenters. The first-order chi connectivity index (χ1) is 13.2. The SMILES string of the molecule is CCN1c2cc(C)c(/C=N\NC(=O)c3ccccc3Br)cc2C(C)=CC1(C)C. The first-order valence-corrected chi connectivity index (χ1v) is 10.2. The molecule has 146 valence electrons. The van der Waals surface area contributed by atoms with Gasteiger partial charge in [-0.3, -0.25) is 4.79 Å². The fourth-order valence-corrected chi connectivity index (χ4v) is 4.29. The highest BCUT2D eigenvalue weighted by Gasteiger charge is 2.30. The lowest BCUT2D eigenvalue weighted by Gasteiger charge is -2.43. The van der Waals surface area contributed by atoms with Crippen molar-refractivity contribution in [3.8, 4) is 0 Å². The van der Waals surface area contributed by atoms with Crippen LogP contribution in [0.2, 0.25) is 0 Å². The molecule has 1 aliphatic heterocycles. The number of benzene rings is 2. The molecule has 2 aromatic carbocycles. The summed E-state index contributed by atoms with van der Waals surface area (Å²) in [6.07, 6.45) is 4.03. The summed E-state index contributed by atoms with van der Waals surface area (Å²) < 4.78 is 0.746. The molecule has 0 spiro atoms. The van der Waals surface area contributed by atoms with E-state index >= 15 is 0 Å². The van der Waals surface area contributed by atoms with Gasteiger partial charge in [-0.1, -0.05) is 18.2 Å². The van der Waals surface area contributed by atoms with Gasteiger partial charge in [0.1, 0.15) is 0 Å². The molecule has 0 radical (unpaired) electrons. The molecule has 1 amide bonds. The lowest BCUT2D eigenvalue weighted by Crippen LogP contribution is -2.45. The molecule has 2 aromatic rings.